The number of methoxy groups -OCH3 is 1. The molecule has 0 spiro atoms. The molecule has 3 atom stereocenters. The average molecular weight is 408 g/mol. The molecule has 2 bridgehead atoms. The van der Waals surface area contributed by atoms with E-state index in [4.69, 9.17) is 4.74 Å². The van der Waals surface area contributed by atoms with Gasteiger partial charge in [-0.25, -0.2) is 4.98 Å². The van der Waals surface area contributed by atoms with Crippen LogP contribution in [0.25, 0.3) is 11.3 Å². The fraction of sp³-hybridized carbons (Fsp3) is 0.478. The molecule has 0 radical (unpaired) electrons. The summed E-state index contributed by atoms with van der Waals surface area (Å²) in [4.78, 5) is 7.00. The number of hydrogen-bond donors (Lipinski definition) is 2. The summed E-state index contributed by atoms with van der Waals surface area (Å²) in [6.45, 7) is 2.54. The van der Waals surface area contributed by atoms with E-state index in [1.54, 1.807) is 13.3 Å². The van der Waals surface area contributed by atoms with Gasteiger partial charge in [-0.15, -0.1) is 0 Å². The maximum Gasteiger partial charge on any atom is 0.141 e. The standard InChI is InChI=1S/C23H29N5O2/c1-27-10-9-24-22(27)23(29)18-6-4-7-19(23)15-28(14-18)13-17-12-25-26-21(17)16-5-3-8-20(11-16)30-2/h3,5,8-12,18-19,29H,4,6-7,13-15H2,1-2H3,(H,25,26)/t18-,19+,23?. The van der Waals surface area contributed by atoms with Crippen molar-refractivity contribution in [2.75, 3.05) is 20.2 Å². The van der Waals surface area contributed by atoms with Gasteiger partial charge in [0.05, 0.1) is 19.0 Å². The lowest BCUT2D eigenvalue weighted by atomic mass is 9.65. The normalized spacial score (nSPS) is 26.6. The van der Waals surface area contributed by atoms with E-state index in [0.29, 0.717) is 0 Å². The number of rotatable bonds is 5. The highest BCUT2D eigenvalue weighted by Gasteiger charge is 2.53. The van der Waals surface area contributed by atoms with Crippen LogP contribution >= 0.6 is 0 Å². The summed E-state index contributed by atoms with van der Waals surface area (Å²) >= 11 is 0. The van der Waals surface area contributed by atoms with Gasteiger partial charge in [-0.3, -0.25) is 10.00 Å². The van der Waals surface area contributed by atoms with Crippen LogP contribution in [0.1, 0.15) is 30.7 Å². The lowest BCUT2D eigenvalue weighted by Gasteiger charge is -2.52. The molecule has 7 heteroatoms. The molecule has 7 nitrogen and oxygen atoms in total. The number of H-pyrrole nitrogens is 1. The molecule has 2 N–H and O–H groups in total. The molecular weight excluding hydrogens is 378 g/mol. The fourth-order valence-corrected chi connectivity index (χ4v) is 5.49. The molecule has 1 saturated heterocycles. The summed E-state index contributed by atoms with van der Waals surface area (Å²) in [6, 6.07) is 8.05. The Hall–Kier alpha value is -2.64. The van der Waals surface area contributed by atoms with Gasteiger partial charge in [-0.1, -0.05) is 18.6 Å². The third-order valence-electron chi connectivity index (χ3n) is 6.96. The zero-order chi connectivity index (χ0) is 20.7. The highest BCUT2D eigenvalue weighted by molar-refractivity contribution is 5.64. The van der Waals surface area contributed by atoms with Crippen molar-refractivity contribution in [3.63, 3.8) is 0 Å². The highest BCUT2D eigenvalue weighted by Crippen LogP contribution is 2.48. The number of piperidine rings is 1. The summed E-state index contributed by atoms with van der Waals surface area (Å²) in [5, 5.41) is 19.3. The summed E-state index contributed by atoms with van der Waals surface area (Å²) < 4.78 is 7.36. The van der Waals surface area contributed by atoms with Crippen molar-refractivity contribution in [3.8, 4) is 17.0 Å². The number of aliphatic hydroxyl groups is 1. The van der Waals surface area contributed by atoms with Crippen LogP contribution in [0.5, 0.6) is 5.75 Å². The number of aryl methyl sites for hydroxylation is 1. The van der Waals surface area contributed by atoms with Gasteiger partial charge in [-0.2, -0.15) is 5.10 Å². The quantitative estimate of drug-likeness (QED) is 0.680. The minimum Gasteiger partial charge on any atom is -0.497 e. The molecule has 1 aliphatic carbocycles. The number of hydrogen-bond acceptors (Lipinski definition) is 5. The number of ether oxygens (including phenoxy) is 1. The van der Waals surface area contributed by atoms with Gasteiger partial charge in [0, 0.05) is 62.0 Å². The summed E-state index contributed by atoms with van der Waals surface area (Å²) in [5.74, 6) is 2.04. The van der Waals surface area contributed by atoms with E-state index in [1.807, 2.05) is 42.2 Å². The Morgan fingerprint density at radius 3 is 2.77 bits per heavy atom. The first-order valence-corrected chi connectivity index (χ1v) is 10.7. The van der Waals surface area contributed by atoms with Crippen molar-refractivity contribution < 1.29 is 9.84 Å². The third-order valence-corrected chi connectivity index (χ3v) is 6.96. The van der Waals surface area contributed by atoms with Gasteiger partial charge >= 0.3 is 0 Å². The average Bonchev–Trinajstić information content (AvgIpc) is 3.38. The number of aromatic amines is 1. The van der Waals surface area contributed by atoms with Gasteiger partial charge < -0.3 is 14.4 Å². The topological polar surface area (TPSA) is 79.2 Å². The molecular formula is C23H29N5O2. The van der Waals surface area contributed by atoms with E-state index >= 15 is 0 Å². The minimum atomic E-state index is -0.834. The number of nitrogens with zero attached hydrogens (tertiary/aromatic N) is 4. The minimum absolute atomic E-state index is 0.193. The molecule has 5 rings (SSSR count). The second kappa shape index (κ2) is 7.56. The number of aromatic nitrogens is 4. The molecule has 1 saturated carbocycles. The Kier molecular flexibility index (Phi) is 4.87. The van der Waals surface area contributed by atoms with E-state index in [2.05, 4.69) is 26.1 Å². The van der Waals surface area contributed by atoms with Crippen LogP contribution in [0.2, 0.25) is 0 Å². The molecule has 1 unspecified atom stereocenters. The summed E-state index contributed by atoms with van der Waals surface area (Å²) in [6.07, 6.45) is 8.89. The Morgan fingerprint density at radius 2 is 2.07 bits per heavy atom. The molecule has 158 valence electrons. The molecule has 1 aromatic carbocycles. The first kappa shape index (κ1) is 19.3. The van der Waals surface area contributed by atoms with Crippen LogP contribution in [-0.2, 0) is 19.2 Å². The van der Waals surface area contributed by atoms with Crippen LogP contribution in [-0.4, -0.2) is 50.0 Å². The molecule has 3 aromatic rings. The van der Waals surface area contributed by atoms with E-state index in [1.165, 1.54) is 12.0 Å². The Morgan fingerprint density at radius 1 is 1.27 bits per heavy atom. The van der Waals surface area contributed by atoms with Crippen molar-refractivity contribution in [2.24, 2.45) is 18.9 Å². The fourth-order valence-electron chi connectivity index (χ4n) is 5.49. The first-order valence-electron chi connectivity index (χ1n) is 10.7. The van der Waals surface area contributed by atoms with Crippen LogP contribution < -0.4 is 4.74 Å². The van der Waals surface area contributed by atoms with Crippen molar-refractivity contribution in [1.82, 2.24) is 24.6 Å². The summed E-state index contributed by atoms with van der Waals surface area (Å²) in [7, 11) is 3.66. The molecule has 2 fully saturated rings. The first-order chi connectivity index (χ1) is 14.6. The Balaban J connectivity index is 1.39. The lowest BCUT2D eigenvalue weighted by molar-refractivity contribution is -0.155. The number of nitrogens with one attached hydrogen (secondary N) is 1. The summed E-state index contributed by atoms with van der Waals surface area (Å²) in [5.41, 5.74) is 2.44. The van der Waals surface area contributed by atoms with E-state index < -0.39 is 5.60 Å². The van der Waals surface area contributed by atoms with Crippen LogP contribution in [0, 0.1) is 11.8 Å². The lowest BCUT2D eigenvalue weighted by Crippen LogP contribution is -2.58. The van der Waals surface area contributed by atoms with Crippen molar-refractivity contribution >= 4 is 0 Å². The van der Waals surface area contributed by atoms with Crippen LogP contribution in [0.15, 0.2) is 42.9 Å². The van der Waals surface area contributed by atoms with Crippen LogP contribution in [0.4, 0.5) is 0 Å². The second-order valence-electron chi connectivity index (χ2n) is 8.71. The maximum absolute atomic E-state index is 11.8. The largest absolute Gasteiger partial charge is 0.497 e. The predicted molar refractivity (Wildman–Crippen MR) is 114 cm³/mol. The Labute approximate surface area is 176 Å². The molecule has 2 aliphatic rings. The molecule has 2 aromatic heterocycles. The third kappa shape index (κ3) is 3.13. The SMILES string of the molecule is COc1cccc(-c2[nH]ncc2CN2C[C@H]3CCC[C@@H](C2)C3(O)c2nccn2C)c1. The molecule has 1 aliphatic heterocycles. The second-order valence-corrected chi connectivity index (χ2v) is 8.71. The monoisotopic (exact) mass is 407 g/mol. The van der Waals surface area contributed by atoms with E-state index in [0.717, 1.165) is 55.3 Å². The van der Waals surface area contributed by atoms with Gasteiger partial charge in [0.2, 0.25) is 0 Å². The van der Waals surface area contributed by atoms with Crippen molar-refractivity contribution in [2.45, 2.75) is 31.4 Å². The zero-order valence-corrected chi connectivity index (χ0v) is 17.6. The zero-order valence-electron chi connectivity index (χ0n) is 17.6. The van der Waals surface area contributed by atoms with E-state index in [-0.39, 0.29) is 11.8 Å². The smallest absolute Gasteiger partial charge is 0.141 e. The van der Waals surface area contributed by atoms with Gasteiger partial charge in [0.1, 0.15) is 17.2 Å². The van der Waals surface area contributed by atoms with Gasteiger partial charge in [0.15, 0.2) is 0 Å². The molecule has 0 amide bonds. The number of imidazole rings is 1. The van der Waals surface area contributed by atoms with Crippen molar-refractivity contribution in [3.05, 3.63) is 54.2 Å². The van der Waals surface area contributed by atoms with Gasteiger partial charge in [0.25, 0.3) is 0 Å². The molecule has 30 heavy (non-hydrogen) atoms. The predicted octanol–water partition coefficient (Wildman–Crippen LogP) is 2.94. The number of likely N-dealkylation sites (tertiary alicyclic amines) is 1. The Bertz CT molecular complexity index is 1010. The highest BCUT2D eigenvalue weighted by atomic mass is 16.5. The maximum atomic E-state index is 11.8. The molecule has 3 heterocycles. The van der Waals surface area contributed by atoms with Crippen LogP contribution in [0.3, 0.4) is 0 Å². The number of benzene rings is 1. The van der Waals surface area contributed by atoms with Crippen molar-refractivity contribution in [1.29, 1.82) is 0 Å². The van der Waals surface area contributed by atoms with E-state index in [9.17, 15) is 5.11 Å². The van der Waals surface area contributed by atoms with Gasteiger partial charge in [-0.05, 0) is 25.0 Å². The number of fused-ring (bicyclic) bond motifs is 2.